The van der Waals surface area contributed by atoms with Gasteiger partial charge in [0.1, 0.15) is 5.75 Å². The molecule has 2 aromatic rings. The molecule has 0 aliphatic heterocycles. The number of phenols is 1. The molecule has 2 aromatic carbocycles. The molecule has 2 rings (SSSR count). The van der Waals surface area contributed by atoms with E-state index in [4.69, 9.17) is 10.5 Å². The molecular weight excluding hydrogens is 218 g/mol. The van der Waals surface area contributed by atoms with Crippen LogP contribution in [-0.2, 0) is 4.74 Å². The normalized spacial score (nSPS) is 10.4. The third-order valence-electron chi connectivity index (χ3n) is 2.47. The van der Waals surface area contributed by atoms with E-state index in [1.165, 1.54) is 6.07 Å². The number of rotatable bonds is 2. The van der Waals surface area contributed by atoms with Gasteiger partial charge >= 0.3 is 5.97 Å². The molecule has 0 spiro atoms. The number of hydrogen-bond acceptors (Lipinski definition) is 4. The lowest BCUT2D eigenvalue weighted by atomic mass is 10.1. The van der Waals surface area contributed by atoms with Crippen molar-refractivity contribution in [3.05, 3.63) is 35.9 Å². The second-order valence-electron chi connectivity index (χ2n) is 3.70. The average Bonchev–Trinajstić information content (AvgIpc) is 2.28. The van der Waals surface area contributed by atoms with E-state index >= 15 is 0 Å². The predicted octanol–water partition coefficient (Wildman–Crippen LogP) is 2.30. The molecule has 0 saturated carbocycles. The zero-order chi connectivity index (χ0) is 12.4. The standard InChI is InChI=1S/C13H13NO3/c1-2-17-13(16)9-5-8-6-10(14)3-4-11(8)12(15)7-9/h3-7,15H,2,14H2,1H3. The first-order chi connectivity index (χ1) is 8.11. The highest BCUT2D eigenvalue weighted by molar-refractivity contribution is 5.99. The van der Waals surface area contributed by atoms with Crippen LogP contribution in [0, 0.1) is 0 Å². The molecule has 17 heavy (non-hydrogen) atoms. The number of carbonyl (C=O) groups is 1. The van der Waals surface area contributed by atoms with Gasteiger partial charge in [0.05, 0.1) is 12.2 Å². The van der Waals surface area contributed by atoms with Crippen LogP contribution >= 0.6 is 0 Å². The second kappa shape index (κ2) is 4.33. The van der Waals surface area contributed by atoms with E-state index in [-0.39, 0.29) is 5.75 Å². The molecule has 4 heteroatoms. The number of phenolic OH excluding ortho intramolecular Hbond substituents is 1. The minimum Gasteiger partial charge on any atom is -0.507 e. The summed E-state index contributed by atoms with van der Waals surface area (Å²) in [7, 11) is 0. The van der Waals surface area contributed by atoms with Crippen molar-refractivity contribution in [3.63, 3.8) is 0 Å². The van der Waals surface area contributed by atoms with E-state index in [1.807, 2.05) is 0 Å². The fourth-order valence-corrected chi connectivity index (χ4v) is 1.70. The average molecular weight is 231 g/mol. The molecular formula is C13H13NO3. The Balaban J connectivity index is 2.57. The zero-order valence-corrected chi connectivity index (χ0v) is 9.43. The number of anilines is 1. The monoisotopic (exact) mass is 231 g/mol. The van der Waals surface area contributed by atoms with E-state index in [2.05, 4.69) is 0 Å². The van der Waals surface area contributed by atoms with Gasteiger partial charge < -0.3 is 15.6 Å². The van der Waals surface area contributed by atoms with Crippen molar-refractivity contribution in [2.75, 3.05) is 12.3 Å². The maximum Gasteiger partial charge on any atom is 0.338 e. The van der Waals surface area contributed by atoms with Crippen LogP contribution in [0.3, 0.4) is 0 Å². The minimum atomic E-state index is -0.452. The van der Waals surface area contributed by atoms with Crippen LogP contribution in [0.1, 0.15) is 17.3 Å². The van der Waals surface area contributed by atoms with Crippen molar-refractivity contribution in [3.8, 4) is 5.75 Å². The topological polar surface area (TPSA) is 72.5 Å². The van der Waals surface area contributed by atoms with E-state index in [0.29, 0.717) is 28.6 Å². The van der Waals surface area contributed by atoms with Crippen LogP contribution in [0.15, 0.2) is 30.3 Å². The summed E-state index contributed by atoms with van der Waals surface area (Å²) < 4.78 is 4.88. The first kappa shape index (κ1) is 11.3. The van der Waals surface area contributed by atoms with Gasteiger partial charge in [0.2, 0.25) is 0 Å². The van der Waals surface area contributed by atoms with Crippen molar-refractivity contribution in [2.24, 2.45) is 0 Å². The van der Waals surface area contributed by atoms with E-state index in [9.17, 15) is 9.90 Å². The lowest BCUT2D eigenvalue weighted by Gasteiger charge is -2.06. The van der Waals surface area contributed by atoms with E-state index < -0.39 is 5.97 Å². The number of aromatic hydroxyl groups is 1. The van der Waals surface area contributed by atoms with Gasteiger partial charge in [-0.15, -0.1) is 0 Å². The van der Waals surface area contributed by atoms with Crippen molar-refractivity contribution in [1.29, 1.82) is 0 Å². The number of hydrogen-bond donors (Lipinski definition) is 2. The molecule has 3 N–H and O–H groups in total. The molecule has 4 nitrogen and oxygen atoms in total. The lowest BCUT2D eigenvalue weighted by Crippen LogP contribution is -2.04. The first-order valence-electron chi connectivity index (χ1n) is 5.31. The Morgan fingerprint density at radius 2 is 2.12 bits per heavy atom. The van der Waals surface area contributed by atoms with Crippen LogP contribution in [0.25, 0.3) is 10.8 Å². The number of ether oxygens (including phenoxy) is 1. The Labute approximate surface area is 98.6 Å². The van der Waals surface area contributed by atoms with Crippen LogP contribution in [-0.4, -0.2) is 17.7 Å². The summed E-state index contributed by atoms with van der Waals surface area (Å²) in [5.41, 5.74) is 6.56. The lowest BCUT2D eigenvalue weighted by molar-refractivity contribution is 0.0526. The number of esters is 1. The van der Waals surface area contributed by atoms with Gasteiger partial charge in [-0.2, -0.15) is 0 Å². The summed E-state index contributed by atoms with van der Waals surface area (Å²) >= 11 is 0. The van der Waals surface area contributed by atoms with Gasteiger partial charge in [0.25, 0.3) is 0 Å². The predicted molar refractivity (Wildman–Crippen MR) is 66.0 cm³/mol. The molecule has 0 aromatic heterocycles. The molecule has 0 heterocycles. The van der Waals surface area contributed by atoms with Gasteiger partial charge in [0, 0.05) is 11.1 Å². The Kier molecular flexibility index (Phi) is 2.87. The highest BCUT2D eigenvalue weighted by atomic mass is 16.5. The SMILES string of the molecule is CCOC(=O)c1cc(O)c2ccc(N)cc2c1. The Bertz CT molecular complexity index is 578. The zero-order valence-electron chi connectivity index (χ0n) is 9.43. The number of benzene rings is 2. The molecule has 0 saturated heterocycles. The van der Waals surface area contributed by atoms with Gasteiger partial charge in [-0.3, -0.25) is 0 Å². The van der Waals surface area contributed by atoms with Gasteiger partial charge in [-0.05, 0) is 42.6 Å². The second-order valence-corrected chi connectivity index (χ2v) is 3.70. The third kappa shape index (κ3) is 2.15. The summed E-state index contributed by atoms with van der Waals surface area (Å²) in [6.07, 6.45) is 0. The van der Waals surface area contributed by atoms with Gasteiger partial charge in [-0.25, -0.2) is 4.79 Å². The molecule has 0 fully saturated rings. The van der Waals surface area contributed by atoms with Crippen molar-refractivity contribution >= 4 is 22.4 Å². The molecule has 88 valence electrons. The molecule has 0 aliphatic rings. The van der Waals surface area contributed by atoms with Crippen LogP contribution in [0.2, 0.25) is 0 Å². The highest BCUT2D eigenvalue weighted by Crippen LogP contribution is 2.28. The highest BCUT2D eigenvalue weighted by Gasteiger charge is 2.10. The number of nitrogens with two attached hydrogens (primary N) is 1. The fourth-order valence-electron chi connectivity index (χ4n) is 1.70. The maximum atomic E-state index is 11.6. The fraction of sp³-hybridized carbons (Fsp3) is 0.154. The van der Waals surface area contributed by atoms with Crippen molar-refractivity contribution in [2.45, 2.75) is 6.92 Å². The maximum absolute atomic E-state index is 11.6. The summed E-state index contributed by atoms with van der Waals surface area (Å²) in [6, 6.07) is 8.18. The van der Waals surface area contributed by atoms with Crippen LogP contribution < -0.4 is 5.73 Å². The molecule has 0 unspecified atom stereocenters. The van der Waals surface area contributed by atoms with E-state index in [1.54, 1.807) is 31.2 Å². The summed E-state index contributed by atoms with van der Waals surface area (Å²) in [5, 5.41) is 11.2. The third-order valence-corrected chi connectivity index (χ3v) is 2.47. The molecule has 0 amide bonds. The Morgan fingerprint density at radius 3 is 2.82 bits per heavy atom. The van der Waals surface area contributed by atoms with Crippen molar-refractivity contribution < 1.29 is 14.6 Å². The minimum absolute atomic E-state index is 0.0468. The van der Waals surface area contributed by atoms with Gasteiger partial charge in [0.15, 0.2) is 0 Å². The number of fused-ring (bicyclic) bond motifs is 1. The molecule has 0 radical (unpaired) electrons. The molecule has 0 aliphatic carbocycles. The first-order valence-corrected chi connectivity index (χ1v) is 5.31. The summed E-state index contributed by atoms with van der Waals surface area (Å²) in [5.74, 6) is -0.405. The van der Waals surface area contributed by atoms with E-state index in [0.717, 1.165) is 0 Å². The Hall–Kier alpha value is -2.23. The van der Waals surface area contributed by atoms with Gasteiger partial charge in [-0.1, -0.05) is 0 Å². The Morgan fingerprint density at radius 1 is 1.35 bits per heavy atom. The van der Waals surface area contributed by atoms with Crippen LogP contribution in [0.4, 0.5) is 5.69 Å². The van der Waals surface area contributed by atoms with Crippen molar-refractivity contribution in [1.82, 2.24) is 0 Å². The molecule has 0 atom stereocenters. The largest absolute Gasteiger partial charge is 0.507 e. The smallest absolute Gasteiger partial charge is 0.338 e. The van der Waals surface area contributed by atoms with Crippen LogP contribution in [0.5, 0.6) is 5.75 Å². The summed E-state index contributed by atoms with van der Waals surface area (Å²) in [6.45, 7) is 2.03. The number of carbonyl (C=O) groups excluding carboxylic acids is 1. The quantitative estimate of drug-likeness (QED) is 0.614. The molecule has 0 bridgehead atoms. The summed E-state index contributed by atoms with van der Waals surface area (Å²) in [4.78, 5) is 11.6. The number of nitrogen functional groups attached to an aromatic ring is 1.